The van der Waals surface area contributed by atoms with Gasteiger partial charge < -0.3 is 10.6 Å². The summed E-state index contributed by atoms with van der Waals surface area (Å²) in [6.07, 6.45) is 2.07. The lowest BCUT2D eigenvalue weighted by molar-refractivity contribution is 0.364. The van der Waals surface area contributed by atoms with Crippen LogP contribution in [-0.2, 0) is 0 Å². The molecule has 0 aliphatic carbocycles. The first kappa shape index (κ1) is 21.9. The molecule has 3 heteroatoms. The average molecular weight is 466 g/mol. The Morgan fingerprint density at radius 3 is 1.94 bits per heavy atom. The predicted octanol–water partition coefficient (Wildman–Crippen LogP) is 7.56. The predicted molar refractivity (Wildman–Crippen MR) is 152 cm³/mol. The van der Waals surface area contributed by atoms with E-state index in [0.29, 0.717) is 0 Å². The van der Waals surface area contributed by atoms with E-state index in [1.54, 1.807) is 0 Å². The van der Waals surface area contributed by atoms with E-state index in [4.69, 9.17) is 10.7 Å². The number of aliphatic imine (C=N–C) groups is 1. The van der Waals surface area contributed by atoms with Crippen LogP contribution < -0.4 is 5.73 Å². The Morgan fingerprint density at radius 2 is 1.22 bits per heavy atom. The molecule has 0 fully saturated rings. The van der Waals surface area contributed by atoms with Crippen molar-refractivity contribution in [2.75, 3.05) is 12.8 Å². The van der Waals surface area contributed by atoms with Crippen LogP contribution in [0.3, 0.4) is 0 Å². The van der Waals surface area contributed by atoms with E-state index in [1.165, 1.54) is 16.3 Å². The van der Waals surface area contributed by atoms with Crippen LogP contribution in [0, 0.1) is 0 Å². The Kier molecular flexibility index (Phi) is 5.59. The molecule has 1 unspecified atom stereocenters. The van der Waals surface area contributed by atoms with Gasteiger partial charge in [0.2, 0.25) is 0 Å². The Labute approximate surface area is 211 Å². The number of allylic oxidation sites excluding steroid dienone is 1. The van der Waals surface area contributed by atoms with Crippen LogP contribution in [-0.4, -0.2) is 17.7 Å². The van der Waals surface area contributed by atoms with Crippen molar-refractivity contribution in [3.8, 4) is 11.1 Å². The fraction of sp³-hybridized carbons (Fsp3) is 0.0606. The lowest BCUT2D eigenvalue weighted by Gasteiger charge is -2.34. The second-order valence-corrected chi connectivity index (χ2v) is 9.20. The van der Waals surface area contributed by atoms with Crippen molar-refractivity contribution in [1.82, 2.24) is 4.90 Å². The molecule has 0 spiro atoms. The Balaban J connectivity index is 1.42. The molecular weight excluding hydrogens is 438 g/mol. The number of hydrogen-bond acceptors (Lipinski definition) is 3. The standard InChI is InChI=1S/C33H27N3/c1-36-32(26-8-3-2-4-9-26)22-31(29-16-13-23-7-5-6-10-28(23)21-29)35-33(36)27-14-11-24(12-15-27)25-17-19-30(34)20-18-25/h2-22,33H,34H2,1H3. The van der Waals surface area contributed by atoms with Crippen LogP contribution in [0.2, 0.25) is 0 Å². The smallest absolute Gasteiger partial charge is 0.147 e. The molecule has 0 saturated heterocycles. The first-order valence-electron chi connectivity index (χ1n) is 12.2. The minimum absolute atomic E-state index is 0.132. The minimum Gasteiger partial charge on any atom is -0.399 e. The van der Waals surface area contributed by atoms with Crippen LogP contribution in [0.15, 0.2) is 132 Å². The van der Waals surface area contributed by atoms with Crippen molar-refractivity contribution in [2.24, 2.45) is 4.99 Å². The summed E-state index contributed by atoms with van der Waals surface area (Å²) < 4.78 is 0. The van der Waals surface area contributed by atoms with Crippen LogP contribution in [0.25, 0.3) is 27.6 Å². The Hall–Kier alpha value is -4.63. The fourth-order valence-corrected chi connectivity index (χ4v) is 4.84. The van der Waals surface area contributed by atoms with Crippen molar-refractivity contribution < 1.29 is 0 Å². The lowest BCUT2D eigenvalue weighted by atomic mass is 9.98. The van der Waals surface area contributed by atoms with Gasteiger partial charge in [-0.3, -0.25) is 4.99 Å². The molecule has 0 radical (unpaired) electrons. The second-order valence-electron chi connectivity index (χ2n) is 9.20. The van der Waals surface area contributed by atoms with Gasteiger partial charge in [0.05, 0.1) is 5.71 Å². The topological polar surface area (TPSA) is 41.6 Å². The normalized spacial score (nSPS) is 15.5. The SMILES string of the molecule is CN1C(c2ccccc2)=CC(c2ccc3ccccc3c2)=NC1c1ccc(-c2ccc(N)cc2)cc1. The van der Waals surface area contributed by atoms with E-state index in [9.17, 15) is 0 Å². The van der Waals surface area contributed by atoms with Crippen molar-refractivity contribution in [3.63, 3.8) is 0 Å². The highest BCUT2D eigenvalue weighted by Crippen LogP contribution is 2.35. The molecule has 2 N–H and O–H groups in total. The van der Waals surface area contributed by atoms with E-state index in [0.717, 1.165) is 39.3 Å². The van der Waals surface area contributed by atoms with E-state index < -0.39 is 0 Å². The van der Waals surface area contributed by atoms with Crippen LogP contribution >= 0.6 is 0 Å². The number of hydrogen-bond donors (Lipinski definition) is 1. The zero-order chi connectivity index (χ0) is 24.5. The fourth-order valence-electron chi connectivity index (χ4n) is 4.84. The summed E-state index contributed by atoms with van der Waals surface area (Å²) in [6, 6.07) is 42.3. The molecule has 0 bridgehead atoms. The lowest BCUT2D eigenvalue weighted by Crippen LogP contribution is -2.27. The number of rotatable bonds is 4. The first-order chi connectivity index (χ1) is 17.7. The van der Waals surface area contributed by atoms with Crippen LogP contribution in [0.5, 0.6) is 0 Å². The Bertz CT molecular complexity index is 1580. The maximum Gasteiger partial charge on any atom is 0.147 e. The van der Waals surface area contributed by atoms with Crippen LogP contribution in [0.4, 0.5) is 5.69 Å². The molecule has 36 heavy (non-hydrogen) atoms. The average Bonchev–Trinajstić information content (AvgIpc) is 2.94. The maximum atomic E-state index is 5.87. The van der Waals surface area contributed by atoms with Crippen molar-refractivity contribution in [1.29, 1.82) is 0 Å². The molecular formula is C33H27N3. The van der Waals surface area contributed by atoms with Gasteiger partial charge in [-0.25, -0.2) is 0 Å². The molecule has 5 aromatic carbocycles. The number of anilines is 1. The third-order valence-electron chi connectivity index (χ3n) is 6.85. The molecule has 1 heterocycles. The van der Waals surface area contributed by atoms with Gasteiger partial charge in [0.1, 0.15) is 6.17 Å². The summed E-state index contributed by atoms with van der Waals surface area (Å²) in [4.78, 5) is 7.51. The molecule has 1 atom stereocenters. The summed E-state index contributed by atoms with van der Waals surface area (Å²) in [6.45, 7) is 0. The summed E-state index contributed by atoms with van der Waals surface area (Å²) in [5, 5.41) is 2.45. The second kappa shape index (κ2) is 9.20. The monoisotopic (exact) mass is 465 g/mol. The zero-order valence-corrected chi connectivity index (χ0v) is 20.2. The maximum absolute atomic E-state index is 5.87. The zero-order valence-electron chi connectivity index (χ0n) is 20.2. The number of nitrogens with zero attached hydrogens (tertiary/aromatic N) is 2. The number of fused-ring (bicyclic) bond motifs is 1. The Morgan fingerprint density at radius 1 is 0.611 bits per heavy atom. The van der Waals surface area contributed by atoms with Crippen molar-refractivity contribution in [2.45, 2.75) is 6.17 Å². The molecule has 1 aliphatic heterocycles. The molecule has 0 saturated carbocycles. The highest BCUT2D eigenvalue weighted by atomic mass is 15.2. The van der Waals surface area contributed by atoms with Gasteiger partial charge in [0.15, 0.2) is 0 Å². The van der Waals surface area contributed by atoms with Gasteiger partial charge in [-0.05, 0) is 57.3 Å². The van der Waals surface area contributed by atoms with Crippen LogP contribution in [0.1, 0.15) is 22.9 Å². The third kappa shape index (κ3) is 4.16. The van der Waals surface area contributed by atoms with Gasteiger partial charge >= 0.3 is 0 Å². The van der Waals surface area contributed by atoms with E-state index >= 15 is 0 Å². The summed E-state index contributed by atoms with van der Waals surface area (Å²) in [5.41, 5.74) is 14.6. The highest BCUT2D eigenvalue weighted by molar-refractivity contribution is 6.14. The molecule has 0 aromatic heterocycles. The van der Waals surface area contributed by atoms with Gasteiger partial charge in [-0.1, -0.05) is 103 Å². The van der Waals surface area contributed by atoms with Gasteiger partial charge in [0.25, 0.3) is 0 Å². The first-order valence-corrected chi connectivity index (χ1v) is 12.2. The number of nitrogens with two attached hydrogens (primary N) is 1. The van der Waals surface area contributed by atoms with Gasteiger partial charge in [0, 0.05) is 24.0 Å². The molecule has 1 aliphatic rings. The van der Waals surface area contributed by atoms with E-state index in [-0.39, 0.29) is 6.17 Å². The highest BCUT2D eigenvalue weighted by Gasteiger charge is 2.25. The van der Waals surface area contributed by atoms with E-state index in [2.05, 4.69) is 127 Å². The molecule has 174 valence electrons. The van der Waals surface area contributed by atoms with Crippen molar-refractivity contribution in [3.05, 3.63) is 144 Å². The summed E-state index contributed by atoms with van der Waals surface area (Å²) in [5.74, 6) is 0. The van der Waals surface area contributed by atoms with Crippen molar-refractivity contribution >= 4 is 27.9 Å². The molecule has 0 amide bonds. The quantitative estimate of drug-likeness (QED) is 0.278. The summed E-state index contributed by atoms with van der Waals surface area (Å²) >= 11 is 0. The molecule has 6 rings (SSSR count). The minimum atomic E-state index is -0.132. The third-order valence-corrected chi connectivity index (χ3v) is 6.85. The van der Waals surface area contributed by atoms with Gasteiger partial charge in [-0.2, -0.15) is 0 Å². The summed E-state index contributed by atoms with van der Waals surface area (Å²) in [7, 11) is 2.12. The van der Waals surface area contributed by atoms with Gasteiger partial charge in [-0.15, -0.1) is 0 Å². The van der Waals surface area contributed by atoms with E-state index in [1.807, 2.05) is 12.1 Å². The molecule has 5 aromatic rings. The largest absolute Gasteiger partial charge is 0.399 e. The molecule has 3 nitrogen and oxygen atoms in total. The number of benzene rings is 5. The number of nitrogen functional groups attached to an aromatic ring is 1.